The van der Waals surface area contributed by atoms with Crippen LogP contribution >= 0.6 is 0 Å². The summed E-state index contributed by atoms with van der Waals surface area (Å²) in [6.07, 6.45) is -0.0108. The van der Waals surface area contributed by atoms with Gasteiger partial charge in [-0.05, 0) is 29.2 Å². The number of imidazole rings is 1. The predicted octanol–water partition coefficient (Wildman–Crippen LogP) is 3.97. The Balaban J connectivity index is 1.83. The summed E-state index contributed by atoms with van der Waals surface area (Å²) in [4.78, 5) is 4.63. The Morgan fingerprint density at radius 1 is 1.00 bits per heavy atom. The van der Waals surface area contributed by atoms with Gasteiger partial charge in [-0.1, -0.05) is 50.2 Å². The summed E-state index contributed by atoms with van der Waals surface area (Å²) in [5, 5.41) is 10.5. The van der Waals surface area contributed by atoms with Gasteiger partial charge in [0.25, 0.3) is 0 Å². The number of hydrogen-bond donors (Lipinski definition) is 1. The van der Waals surface area contributed by atoms with Crippen LogP contribution in [0.4, 0.5) is 0 Å². The molecule has 2 aromatic carbocycles. The lowest BCUT2D eigenvalue weighted by Crippen LogP contribution is -2.07. The number of aromatic nitrogens is 2. The molecule has 0 spiro atoms. The van der Waals surface area contributed by atoms with Crippen LogP contribution in [-0.4, -0.2) is 14.7 Å². The van der Waals surface area contributed by atoms with Crippen molar-refractivity contribution in [2.75, 3.05) is 0 Å². The first kappa shape index (κ1) is 14.8. The maximum atomic E-state index is 10.5. The molecule has 1 aromatic heterocycles. The minimum absolute atomic E-state index is 0.506. The highest BCUT2D eigenvalue weighted by Gasteiger charge is 2.14. The number of benzene rings is 2. The molecular weight excluding hydrogens is 272 g/mol. The summed E-state index contributed by atoms with van der Waals surface area (Å²) in [5.74, 6) is 1.41. The van der Waals surface area contributed by atoms with Gasteiger partial charge in [0.15, 0.2) is 0 Å². The lowest BCUT2D eigenvalue weighted by Gasteiger charge is -2.12. The van der Waals surface area contributed by atoms with Crippen LogP contribution in [0.2, 0.25) is 0 Å². The fourth-order valence-corrected chi connectivity index (χ4v) is 2.77. The third kappa shape index (κ3) is 2.77. The van der Waals surface area contributed by atoms with Gasteiger partial charge in [-0.15, -0.1) is 0 Å². The van der Waals surface area contributed by atoms with Crippen molar-refractivity contribution < 1.29 is 5.11 Å². The van der Waals surface area contributed by atoms with E-state index < -0.39 is 6.10 Å². The molecule has 0 bridgehead atoms. The van der Waals surface area contributed by atoms with Crippen LogP contribution in [0.1, 0.15) is 42.8 Å². The van der Waals surface area contributed by atoms with Gasteiger partial charge < -0.3 is 9.67 Å². The molecule has 114 valence electrons. The minimum atomic E-state index is -0.531. The number of nitrogens with zero attached hydrogens (tertiary/aromatic N) is 2. The molecule has 0 aliphatic rings. The molecule has 0 aliphatic heterocycles. The van der Waals surface area contributed by atoms with E-state index in [4.69, 9.17) is 0 Å². The van der Waals surface area contributed by atoms with Crippen molar-refractivity contribution in [2.45, 2.75) is 32.3 Å². The van der Waals surface area contributed by atoms with Crippen LogP contribution in [0, 0.1) is 0 Å². The molecule has 0 aliphatic carbocycles. The molecule has 0 radical (unpaired) electrons. The van der Waals surface area contributed by atoms with Gasteiger partial charge in [0, 0.05) is 13.5 Å². The number of fused-ring (bicyclic) bond motifs is 1. The molecule has 1 heterocycles. The highest BCUT2D eigenvalue weighted by atomic mass is 16.3. The van der Waals surface area contributed by atoms with E-state index in [2.05, 4.69) is 41.6 Å². The predicted molar refractivity (Wildman–Crippen MR) is 89.9 cm³/mol. The van der Waals surface area contributed by atoms with E-state index in [1.807, 2.05) is 37.4 Å². The number of hydrogen-bond acceptors (Lipinski definition) is 2. The Bertz CT molecular complexity index is 772. The molecule has 0 saturated heterocycles. The number of aliphatic hydroxyl groups excluding tert-OH is 1. The van der Waals surface area contributed by atoms with Crippen molar-refractivity contribution in [1.82, 2.24) is 9.55 Å². The van der Waals surface area contributed by atoms with Gasteiger partial charge in [0.1, 0.15) is 5.82 Å². The molecule has 0 amide bonds. The van der Waals surface area contributed by atoms with Crippen LogP contribution in [-0.2, 0) is 13.5 Å². The first-order chi connectivity index (χ1) is 10.6. The first-order valence-corrected chi connectivity index (χ1v) is 7.74. The van der Waals surface area contributed by atoms with Gasteiger partial charge >= 0.3 is 0 Å². The molecule has 0 saturated carbocycles. The summed E-state index contributed by atoms with van der Waals surface area (Å²) >= 11 is 0. The normalized spacial score (nSPS) is 13.0. The maximum absolute atomic E-state index is 10.5. The van der Waals surface area contributed by atoms with E-state index in [0.29, 0.717) is 12.3 Å². The lowest BCUT2D eigenvalue weighted by atomic mass is 9.99. The number of aryl methyl sites for hydroxylation is 1. The van der Waals surface area contributed by atoms with Gasteiger partial charge in [0.05, 0.1) is 17.1 Å². The van der Waals surface area contributed by atoms with Crippen molar-refractivity contribution in [2.24, 2.45) is 7.05 Å². The van der Waals surface area contributed by atoms with E-state index in [0.717, 1.165) is 22.4 Å². The SMILES string of the molecule is CC(C)c1ccc([C@H](O)Cc2nc3ccccc3n2C)cc1. The van der Waals surface area contributed by atoms with Crippen molar-refractivity contribution in [3.63, 3.8) is 0 Å². The highest BCUT2D eigenvalue weighted by Crippen LogP contribution is 2.23. The van der Waals surface area contributed by atoms with Crippen LogP contribution in [0.3, 0.4) is 0 Å². The van der Waals surface area contributed by atoms with Crippen LogP contribution in [0.15, 0.2) is 48.5 Å². The molecule has 3 aromatic rings. The van der Waals surface area contributed by atoms with Crippen molar-refractivity contribution in [3.05, 3.63) is 65.5 Å². The zero-order chi connectivity index (χ0) is 15.7. The number of para-hydroxylation sites is 2. The molecule has 3 nitrogen and oxygen atoms in total. The van der Waals surface area contributed by atoms with Crippen molar-refractivity contribution in [3.8, 4) is 0 Å². The minimum Gasteiger partial charge on any atom is -0.388 e. The summed E-state index contributed by atoms with van der Waals surface area (Å²) in [6, 6.07) is 16.3. The van der Waals surface area contributed by atoms with Crippen LogP contribution < -0.4 is 0 Å². The highest BCUT2D eigenvalue weighted by molar-refractivity contribution is 5.75. The standard InChI is InChI=1S/C19H22N2O/c1-13(2)14-8-10-15(11-9-14)18(22)12-19-20-16-6-4-5-7-17(16)21(19)3/h4-11,13,18,22H,12H2,1-3H3/t18-/m1/s1. The van der Waals surface area contributed by atoms with Gasteiger partial charge in [-0.2, -0.15) is 0 Å². The zero-order valence-electron chi connectivity index (χ0n) is 13.3. The third-order valence-corrected chi connectivity index (χ3v) is 4.24. The van der Waals surface area contributed by atoms with Crippen LogP contribution in [0.25, 0.3) is 11.0 Å². The fraction of sp³-hybridized carbons (Fsp3) is 0.316. The lowest BCUT2D eigenvalue weighted by molar-refractivity contribution is 0.175. The third-order valence-electron chi connectivity index (χ3n) is 4.24. The van der Waals surface area contributed by atoms with Crippen molar-refractivity contribution >= 4 is 11.0 Å². The number of rotatable bonds is 4. The maximum Gasteiger partial charge on any atom is 0.112 e. The Morgan fingerprint density at radius 3 is 2.27 bits per heavy atom. The molecule has 3 rings (SSSR count). The Kier molecular flexibility index (Phi) is 3.99. The Morgan fingerprint density at radius 2 is 1.64 bits per heavy atom. The molecule has 1 atom stereocenters. The monoisotopic (exact) mass is 294 g/mol. The van der Waals surface area contributed by atoms with E-state index in [-0.39, 0.29) is 0 Å². The molecule has 1 N–H and O–H groups in total. The van der Waals surface area contributed by atoms with E-state index >= 15 is 0 Å². The van der Waals surface area contributed by atoms with Crippen molar-refractivity contribution in [1.29, 1.82) is 0 Å². The van der Waals surface area contributed by atoms with E-state index in [9.17, 15) is 5.11 Å². The summed E-state index contributed by atoms with van der Waals surface area (Å²) in [5.41, 5.74) is 4.30. The summed E-state index contributed by atoms with van der Waals surface area (Å²) in [6.45, 7) is 4.34. The summed E-state index contributed by atoms with van der Waals surface area (Å²) < 4.78 is 2.06. The molecule has 0 fully saturated rings. The molecule has 3 heteroatoms. The average Bonchev–Trinajstić information content (AvgIpc) is 2.84. The van der Waals surface area contributed by atoms with E-state index in [1.54, 1.807) is 0 Å². The largest absolute Gasteiger partial charge is 0.388 e. The zero-order valence-corrected chi connectivity index (χ0v) is 13.3. The van der Waals surface area contributed by atoms with E-state index in [1.165, 1.54) is 5.56 Å². The quantitative estimate of drug-likeness (QED) is 0.790. The second-order valence-electron chi connectivity index (χ2n) is 6.12. The summed E-state index contributed by atoms with van der Waals surface area (Å²) in [7, 11) is 2.00. The smallest absolute Gasteiger partial charge is 0.112 e. The Hall–Kier alpha value is -2.13. The van der Waals surface area contributed by atoms with Crippen LogP contribution in [0.5, 0.6) is 0 Å². The Labute approximate surface area is 131 Å². The second-order valence-corrected chi connectivity index (χ2v) is 6.12. The van der Waals surface area contributed by atoms with Gasteiger partial charge in [-0.3, -0.25) is 0 Å². The first-order valence-electron chi connectivity index (χ1n) is 7.74. The second kappa shape index (κ2) is 5.93. The molecular formula is C19H22N2O. The number of aliphatic hydroxyl groups is 1. The fourth-order valence-electron chi connectivity index (χ4n) is 2.77. The molecule has 22 heavy (non-hydrogen) atoms. The van der Waals surface area contributed by atoms with Gasteiger partial charge in [-0.25, -0.2) is 4.98 Å². The topological polar surface area (TPSA) is 38.1 Å². The average molecular weight is 294 g/mol. The van der Waals surface area contributed by atoms with Gasteiger partial charge in [0.2, 0.25) is 0 Å². The molecule has 0 unspecified atom stereocenters.